The van der Waals surface area contributed by atoms with Crippen molar-refractivity contribution in [3.63, 3.8) is 0 Å². The van der Waals surface area contributed by atoms with E-state index in [1.165, 1.54) is 17.7 Å². The number of hydrogen-bond donors (Lipinski definition) is 2. The van der Waals surface area contributed by atoms with Crippen LogP contribution in [0.25, 0.3) is 0 Å². The predicted octanol–water partition coefficient (Wildman–Crippen LogP) is 2.95. The summed E-state index contributed by atoms with van der Waals surface area (Å²) in [6.07, 6.45) is 6.67. The zero-order valence-electron chi connectivity index (χ0n) is 12.4. The lowest BCUT2D eigenvalue weighted by atomic mass is 10.1. The lowest BCUT2D eigenvalue weighted by Crippen LogP contribution is -2.47. The summed E-state index contributed by atoms with van der Waals surface area (Å²) in [4.78, 5) is 13.9. The van der Waals surface area contributed by atoms with Gasteiger partial charge in [0.15, 0.2) is 0 Å². The molecular formula is C17H24N2OS. The normalized spacial score (nSPS) is 22.0. The maximum atomic E-state index is 12.7. The Balaban J connectivity index is 1.63. The summed E-state index contributed by atoms with van der Waals surface area (Å²) in [5.74, 6) is 0.816. The highest BCUT2D eigenvalue weighted by Gasteiger charge is 2.42. The summed E-state index contributed by atoms with van der Waals surface area (Å²) in [6.45, 7) is 0.626. The summed E-state index contributed by atoms with van der Waals surface area (Å²) < 4.78 is -0.287. The number of hydrogen-bond acceptors (Lipinski definition) is 3. The Kier molecular flexibility index (Phi) is 4.55. The van der Waals surface area contributed by atoms with E-state index in [0.29, 0.717) is 12.5 Å². The minimum atomic E-state index is -0.287. The number of thioether (sulfide) groups is 1. The Morgan fingerprint density at radius 3 is 2.57 bits per heavy atom. The first-order valence-electron chi connectivity index (χ1n) is 7.98. The number of amides is 1. The Morgan fingerprint density at radius 2 is 1.95 bits per heavy atom. The molecule has 1 aromatic carbocycles. The van der Waals surface area contributed by atoms with Crippen molar-refractivity contribution in [2.45, 2.75) is 54.2 Å². The average molecular weight is 304 g/mol. The van der Waals surface area contributed by atoms with Crippen LogP contribution in [0, 0.1) is 5.92 Å². The molecule has 0 heterocycles. The van der Waals surface area contributed by atoms with Crippen molar-refractivity contribution >= 4 is 17.7 Å². The number of benzene rings is 1. The Morgan fingerprint density at radius 1 is 1.29 bits per heavy atom. The van der Waals surface area contributed by atoms with Crippen LogP contribution in [0.5, 0.6) is 0 Å². The first-order valence-corrected chi connectivity index (χ1v) is 8.79. The van der Waals surface area contributed by atoms with Crippen molar-refractivity contribution in [2.24, 2.45) is 11.7 Å². The molecule has 1 aromatic rings. The summed E-state index contributed by atoms with van der Waals surface area (Å²) in [5, 5.41) is 3.12. The van der Waals surface area contributed by atoms with Crippen molar-refractivity contribution in [3.05, 3.63) is 30.3 Å². The van der Waals surface area contributed by atoms with E-state index in [0.717, 1.165) is 25.7 Å². The standard InChI is InChI=1S/C17H24N2OS/c18-15(13-8-9-13)12-19-16(20)17(10-4-5-11-17)21-14-6-2-1-3-7-14/h1-3,6-7,13,15H,4-5,8-12,18H2,(H,19,20). The van der Waals surface area contributed by atoms with E-state index >= 15 is 0 Å². The number of nitrogens with two attached hydrogens (primary N) is 1. The predicted molar refractivity (Wildman–Crippen MR) is 87.2 cm³/mol. The Hall–Kier alpha value is -1.00. The van der Waals surface area contributed by atoms with Gasteiger partial charge in [0.05, 0.1) is 4.75 Å². The monoisotopic (exact) mass is 304 g/mol. The zero-order chi connectivity index (χ0) is 14.7. The quantitative estimate of drug-likeness (QED) is 0.849. The van der Waals surface area contributed by atoms with Crippen LogP contribution in [0.1, 0.15) is 38.5 Å². The van der Waals surface area contributed by atoms with E-state index < -0.39 is 0 Å². The molecule has 1 atom stereocenters. The molecule has 3 N–H and O–H groups in total. The Labute approximate surface area is 131 Å². The molecule has 0 aromatic heterocycles. The molecule has 1 unspecified atom stereocenters. The topological polar surface area (TPSA) is 55.1 Å². The molecule has 2 fully saturated rings. The average Bonchev–Trinajstić information content (AvgIpc) is 3.26. The van der Waals surface area contributed by atoms with Gasteiger partial charge in [0, 0.05) is 17.5 Å². The van der Waals surface area contributed by atoms with Gasteiger partial charge in [0.1, 0.15) is 0 Å². The summed E-state index contributed by atoms with van der Waals surface area (Å²) in [5.41, 5.74) is 6.10. The van der Waals surface area contributed by atoms with E-state index in [1.807, 2.05) is 18.2 Å². The van der Waals surface area contributed by atoms with Crippen molar-refractivity contribution < 1.29 is 4.79 Å². The van der Waals surface area contributed by atoms with E-state index in [2.05, 4.69) is 17.4 Å². The summed E-state index contributed by atoms with van der Waals surface area (Å²) in [7, 11) is 0. The highest BCUT2D eigenvalue weighted by molar-refractivity contribution is 8.01. The minimum absolute atomic E-state index is 0.133. The molecule has 2 saturated carbocycles. The molecule has 3 nitrogen and oxygen atoms in total. The van der Waals surface area contributed by atoms with Gasteiger partial charge in [-0.1, -0.05) is 31.0 Å². The molecule has 4 heteroatoms. The first kappa shape index (κ1) is 14.9. The van der Waals surface area contributed by atoms with Crippen LogP contribution in [0.3, 0.4) is 0 Å². The van der Waals surface area contributed by atoms with E-state index in [-0.39, 0.29) is 16.7 Å². The fraction of sp³-hybridized carbons (Fsp3) is 0.588. The van der Waals surface area contributed by atoms with Gasteiger partial charge in [0.25, 0.3) is 0 Å². The second-order valence-electron chi connectivity index (χ2n) is 6.33. The highest BCUT2D eigenvalue weighted by atomic mass is 32.2. The molecule has 0 saturated heterocycles. The molecule has 0 radical (unpaired) electrons. The number of nitrogens with one attached hydrogen (secondary N) is 1. The second-order valence-corrected chi connectivity index (χ2v) is 7.78. The molecular weight excluding hydrogens is 280 g/mol. The molecule has 1 amide bonds. The number of carbonyl (C=O) groups excluding carboxylic acids is 1. The molecule has 114 valence electrons. The SMILES string of the molecule is NC(CNC(=O)C1(Sc2ccccc2)CCCC1)C1CC1. The van der Waals surface area contributed by atoms with Crippen molar-refractivity contribution in [1.29, 1.82) is 0 Å². The fourth-order valence-corrected chi connectivity index (χ4v) is 4.50. The molecule has 0 aliphatic heterocycles. The lowest BCUT2D eigenvalue weighted by Gasteiger charge is -2.28. The number of carbonyl (C=O) groups is 1. The van der Waals surface area contributed by atoms with E-state index in [1.54, 1.807) is 11.8 Å². The third-order valence-corrected chi connectivity index (χ3v) is 6.10. The molecule has 3 rings (SSSR count). The van der Waals surface area contributed by atoms with Crippen LogP contribution in [0.4, 0.5) is 0 Å². The number of rotatable bonds is 6. The molecule has 2 aliphatic carbocycles. The lowest BCUT2D eigenvalue weighted by molar-refractivity contribution is -0.123. The van der Waals surface area contributed by atoms with Gasteiger partial charge >= 0.3 is 0 Å². The van der Waals surface area contributed by atoms with E-state index in [4.69, 9.17) is 5.73 Å². The van der Waals surface area contributed by atoms with Gasteiger partial charge in [-0.3, -0.25) is 4.79 Å². The molecule has 0 bridgehead atoms. The van der Waals surface area contributed by atoms with Crippen molar-refractivity contribution in [2.75, 3.05) is 6.54 Å². The van der Waals surface area contributed by atoms with Crippen LogP contribution >= 0.6 is 11.8 Å². The van der Waals surface area contributed by atoms with Gasteiger partial charge in [-0.2, -0.15) is 0 Å². The van der Waals surface area contributed by atoms with Crippen molar-refractivity contribution in [1.82, 2.24) is 5.32 Å². The molecule has 0 spiro atoms. The third kappa shape index (κ3) is 3.61. The minimum Gasteiger partial charge on any atom is -0.353 e. The maximum Gasteiger partial charge on any atom is 0.236 e. The molecule has 21 heavy (non-hydrogen) atoms. The maximum absolute atomic E-state index is 12.7. The smallest absolute Gasteiger partial charge is 0.236 e. The largest absolute Gasteiger partial charge is 0.353 e. The Bertz CT molecular complexity index is 481. The van der Waals surface area contributed by atoms with Gasteiger partial charge < -0.3 is 11.1 Å². The van der Waals surface area contributed by atoms with Crippen LogP contribution in [0.2, 0.25) is 0 Å². The van der Waals surface area contributed by atoms with Crippen LogP contribution in [-0.4, -0.2) is 23.2 Å². The second kappa shape index (κ2) is 6.41. The first-order chi connectivity index (χ1) is 10.2. The molecule has 2 aliphatic rings. The van der Waals surface area contributed by atoms with Crippen LogP contribution in [0.15, 0.2) is 35.2 Å². The van der Waals surface area contributed by atoms with Gasteiger partial charge in [-0.15, -0.1) is 11.8 Å². The third-order valence-electron chi connectivity index (χ3n) is 4.61. The van der Waals surface area contributed by atoms with Gasteiger partial charge in [0.2, 0.25) is 5.91 Å². The van der Waals surface area contributed by atoms with Crippen LogP contribution < -0.4 is 11.1 Å². The van der Waals surface area contributed by atoms with Crippen LogP contribution in [-0.2, 0) is 4.79 Å². The summed E-state index contributed by atoms with van der Waals surface area (Å²) in [6, 6.07) is 10.4. The van der Waals surface area contributed by atoms with E-state index in [9.17, 15) is 4.79 Å². The summed E-state index contributed by atoms with van der Waals surface area (Å²) >= 11 is 1.73. The fourth-order valence-electron chi connectivity index (χ4n) is 3.10. The highest BCUT2D eigenvalue weighted by Crippen LogP contribution is 2.45. The van der Waals surface area contributed by atoms with Gasteiger partial charge in [-0.05, 0) is 43.7 Å². The zero-order valence-corrected chi connectivity index (χ0v) is 13.2. The van der Waals surface area contributed by atoms with Gasteiger partial charge in [-0.25, -0.2) is 0 Å². The van der Waals surface area contributed by atoms with Crippen molar-refractivity contribution in [3.8, 4) is 0 Å².